The van der Waals surface area contributed by atoms with Crippen molar-refractivity contribution in [3.8, 4) is 5.88 Å². The minimum atomic E-state index is -0.610. The van der Waals surface area contributed by atoms with Crippen molar-refractivity contribution in [1.29, 1.82) is 0 Å². The maximum atomic E-state index is 11.1. The predicted octanol–water partition coefficient (Wildman–Crippen LogP) is 2.31. The number of carbonyl (C=O) groups is 1. The number of carbonyl (C=O) groups excluding carboxylic acids is 1. The van der Waals surface area contributed by atoms with E-state index in [1.54, 1.807) is 0 Å². The van der Waals surface area contributed by atoms with E-state index in [-0.39, 0.29) is 11.6 Å². The monoisotopic (exact) mass is 251 g/mol. The summed E-state index contributed by atoms with van der Waals surface area (Å²) in [6.45, 7) is 2.74. The molecule has 1 amide bonds. The third kappa shape index (κ3) is 5.12. The summed E-state index contributed by atoms with van der Waals surface area (Å²) in [4.78, 5) is 18.9. The summed E-state index contributed by atoms with van der Waals surface area (Å²) in [6, 6.07) is 0. The summed E-state index contributed by atoms with van der Waals surface area (Å²) in [5.41, 5.74) is 5.28. The first-order valence-electron chi connectivity index (χ1n) is 6.49. The number of primary amides is 1. The zero-order chi connectivity index (χ0) is 13.2. The van der Waals surface area contributed by atoms with Gasteiger partial charge < -0.3 is 10.5 Å². The van der Waals surface area contributed by atoms with Crippen molar-refractivity contribution in [3.63, 3.8) is 0 Å². The average molecular weight is 251 g/mol. The highest BCUT2D eigenvalue weighted by Crippen LogP contribution is 2.11. The Morgan fingerprint density at radius 2 is 1.83 bits per heavy atom. The third-order valence-corrected chi connectivity index (χ3v) is 2.63. The Bertz CT molecular complexity index is 369. The van der Waals surface area contributed by atoms with Crippen LogP contribution in [0, 0.1) is 0 Å². The normalized spacial score (nSPS) is 10.3. The molecule has 0 spiro atoms. The summed E-state index contributed by atoms with van der Waals surface area (Å²) in [5, 5.41) is 0. The lowest BCUT2D eigenvalue weighted by Crippen LogP contribution is -2.16. The van der Waals surface area contributed by atoms with Crippen LogP contribution in [0.1, 0.15) is 55.9 Å². The number of nitrogens with two attached hydrogens (primary N) is 1. The maximum Gasteiger partial charge on any atom is 0.272 e. The Hall–Kier alpha value is -1.65. The van der Waals surface area contributed by atoms with Crippen LogP contribution in [0.2, 0.25) is 0 Å². The van der Waals surface area contributed by atoms with Gasteiger partial charge in [-0.05, 0) is 6.42 Å². The van der Waals surface area contributed by atoms with Crippen LogP contribution in [0.3, 0.4) is 0 Å². The number of rotatable bonds is 9. The van der Waals surface area contributed by atoms with E-state index < -0.39 is 5.91 Å². The zero-order valence-corrected chi connectivity index (χ0v) is 10.9. The molecule has 1 aromatic heterocycles. The molecular formula is C13H21N3O2. The van der Waals surface area contributed by atoms with Crippen molar-refractivity contribution >= 4 is 5.91 Å². The van der Waals surface area contributed by atoms with Gasteiger partial charge in [0, 0.05) is 12.4 Å². The molecule has 100 valence electrons. The Morgan fingerprint density at radius 1 is 1.17 bits per heavy atom. The first-order valence-corrected chi connectivity index (χ1v) is 6.49. The second-order valence-electron chi connectivity index (χ2n) is 4.19. The van der Waals surface area contributed by atoms with Gasteiger partial charge in [-0.15, -0.1) is 0 Å². The van der Waals surface area contributed by atoms with E-state index in [1.807, 2.05) is 0 Å². The molecule has 0 atom stereocenters. The van der Waals surface area contributed by atoms with Crippen molar-refractivity contribution < 1.29 is 9.53 Å². The fourth-order valence-corrected chi connectivity index (χ4v) is 1.65. The Kier molecular flexibility index (Phi) is 6.76. The van der Waals surface area contributed by atoms with Crippen molar-refractivity contribution in [2.24, 2.45) is 5.73 Å². The van der Waals surface area contributed by atoms with Crippen LogP contribution in [-0.4, -0.2) is 22.5 Å². The van der Waals surface area contributed by atoms with Gasteiger partial charge in [-0.2, -0.15) is 0 Å². The molecule has 2 N–H and O–H groups in total. The number of ether oxygens (including phenoxy) is 1. The molecule has 1 heterocycles. The third-order valence-electron chi connectivity index (χ3n) is 2.63. The largest absolute Gasteiger partial charge is 0.476 e. The van der Waals surface area contributed by atoms with Gasteiger partial charge >= 0.3 is 0 Å². The number of amides is 1. The van der Waals surface area contributed by atoms with E-state index in [9.17, 15) is 4.79 Å². The van der Waals surface area contributed by atoms with Gasteiger partial charge in [-0.3, -0.25) is 4.79 Å². The van der Waals surface area contributed by atoms with Crippen LogP contribution in [0.15, 0.2) is 12.4 Å². The van der Waals surface area contributed by atoms with Crippen molar-refractivity contribution in [2.45, 2.75) is 45.4 Å². The molecule has 0 fully saturated rings. The van der Waals surface area contributed by atoms with Gasteiger partial charge in [-0.1, -0.05) is 39.0 Å². The number of unbranched alkanes of at least 4 members (excludes halogenated alkanes) is 5. The first kappa shape index (κ1) is 14.4. The molecule has 0 aliphatic carbocycles. The molecular weight excluding hydrogens is 230 g/mol. The second kappa shape index (κ2) is 8.44. The Balaban J connectivity index is 2.25. The molecule has 0 aliphatic rings. The van der Waals surface area contributed by atoms with Gasteiger partial charge in [0.15, 0.2) is 5.69 Å². The summed E-state index contributed by atoms with van der Waals surface area (Å²) < 4.78 is 5.43. The van der Waals surface area contributed by atoms with Crippen LogP contribution in [-0.2, 0) is 0 Å². The fraction of sp³-hybridized carbons (Fsp3) is 0.615. The average Bonchev–Trinajstić information content (AvgIpc) is 2.38. The van der Waals surface area contributed by atoms with E-state index in [2.05, 4.69) is 16.9 Å². The molecule has 0 aromatic carbocycles. The fourth-order valence-electron chi connectivity index (χ4n) is 1.65. The van der Waals surface area contributed by atoms with E-state index in [0.29, 0.717) is 6.61 Å². The lowest BCUT2D eigenvalue weighted by molar-refractivity contribution is 0.0990. The number of aromatic nitrogens is 2. The van der Waals surface area contributed by atoms with Crippen LogP contribution in [0.25, 0.3) is 0 Å². The molecule has 0 bridgehead atoms. The molecule has 0 radical (unpaired) electrons. The molecule has 5 nitrogen and oxygen atoms in total. The maximum absolute atomic E-state index is 11.1. The molecule has 0 saturated carbocycles. The van der Waals surface area contributed by atoms with Crippen LogP contribution >= 0.6 is 0 Å². The minimum absolute atomic E-state index is 0.100. The molecule has 1 rings (SSSR count). The van der Waals surface area contributed by atoms with E-state index in [1.165, 1.54) is 38.1 Å². The number of hydrogen-bond donors (Lipinski definition) is 1. The SMILES string of the molecule is CCCCCCCCOc1nccnc1C(N)=O. The molecule has 0 aliphatic heterocycles. The van der Waals surface area contributed by atoms with Crippen molar-refractivity contribution in [1.82, 2.24) is 9.97 Å². The molecule has 1 aromatic rings. The van der Waals surface area contributed by atoms with Crippen LogP contribution in [0.4, 0.5) is 0 Å². The van der Waals surface area contributed by atoms with Gasteiger partial charge in [0.25, 0.3) is 5.91 Å². The van der Waals surface area contributed by atoms with E-state index in [0.717, 1.165) is 12.8 Å². The smallest absolute Gasteiger partial charge is 0.272 e. The molecule has 0 saturated heterocycles. The highest BCUT2D eigenvalue weighted by Gasteiger charge is 2.11. The van der Waals surface area contributed by atoms with Crippen molar-refractivity contribution in [3.05, 3.63) is 18.1 Å². The lowest BCUT2D eigenvalue weighted by atomic mass is 10.1. The highest BCUT2D eigenvalue weighted by molar-refractivity contribution is 5.92. The molecule has 5 heteroatoms. The zero-order valence-electron chi connectivity index (χ0n) is 10.9. The summed E-state index contributed by atoms with van der Waals surface area (Å²) in [5.74, 6) is -0.375. The van der Waals surface area contributed by atoms with Gasteiger partial charge in [0.1, 0.15) is 0 Å². The quantitative estimate of drug-likeness (QED) is 0.683. The summed E-state index contributed by atoms with van der Waals surface area (Å²) in [7, 11) is 0. The minimum Gasteiger partial charge on any atom is -0.476 e. The topological polar surface area (TPSA) is 78.1 Å². The number of nitrogens with zero attached hydrogens (tertiary/aromatic N) is 2. The molecule has 0 unspecified atom stereocenters. The number of hydrogen-bond acceptors (Lipinski definition) is 4. The van der Waals surface area contributed by atoms with E-state index in [4.69, 9.17) is 10.5 Å². The first-order chi connectivity index (χ1) is 8.75. The van der Waals surface area contributed by atoms with E-state index >= 15 is 0 Å². The standard InChI is InChI=1S/C13H21N3O2/c1-2-3-4-5-6-7-10-18-13-11(12(14)17)15-8-9-16-13/h8-9H,2-7,10H2,1H3,(H2,14,17). The lowest BCUT2D eigenvalue weighted by Gasteiger charge is -2.07. The Morgan fingerprint density at radius 3 is 2.56 bits per heavy atom. The second-order valence-corrected chi connectivity index (χ2v) is 4.19. The van der Waals surface area contributed by atoms with Crippen molar-refractivity contribution in [2.75, 3.05) is 6.61 Å². The predicted molar refractivity (Wildman–Crippen MR) is 69.4 cm³/mol. The van der Waals surface area contributed by atoms with Gasteiger partial charge in [0.05, 0.1) is 6.61 Å². The summed E-state index contributed by atoms with van der Waals surface area (Å²) in [6.07, 6.45) is 10.0. The van der Waals surface area contributed by atoms with Crippen LogP contribution < -0.4 is 10.5 Å². The van der Waals surface area contributed by atoms with Gasteiger partial charge in [-0.25, -0.2) is 9.97 Å². The highest BCUT2D eigenvalue weighted by atomic mass is 16.5. The van der Waals surface area contributed by atoms with Crippen LogP contribution in [0.5, 0.6) is 5.88 Å². The molecule has 18 heavy (non-hydrogen) atoms. The summed E-state index contributed by atoms with van der Waals surface area (Å²) >= 11 is 0. The Labute approximate surface area is 108 Å². The van der Waals surface area contributed by atoms with Gasteiger partial charge in [0.2, 0.25) is 5.88 Å².